The number of ether oxygens (including phenoxy) is 1. The summed E-state index contributed by atoms with van der Waals surface area (Å²) in [5, 5.41) is 9.32. The van der Waals surface area contributed by atoms with E-state index in [-0.39, 0.29) is 12.2 Å². The van der Waals surface area contributed by atoms with Crippen molar-refractivity contribution in [1.29, 1.82) is 0 Å². The highest BCUT2D eigenvalue weighted by Gasteiger charge is 2.06. The van der Waals surface area contributed by atoms with E-state index in [1.807, 2.05) is 0 Å². The van der Waals surface area contributed by atoms with Crippen molar-refractivity contribution >= 4 is 35.4 Å². The maximum Gasteiger partial charge on any atom is 0.335 e. The van der Waals surface area contributed by atoms with Crippen LogP contribution in [-0.4, -0.2) is 29.8 Å². The fourth-order valence-corrected chi connectivity index (χ4v) is 1.86. The number of amides is 1. The Kier molecular flexibility index (Phi) is 5.32. The van der Waals surface area contributed by atoms with Crippen molar-refractivity contribution < 1.29 is 19.4 Å². The van der Waals surface area contributed by atoms with E-state index in [0.717, 1.165) is 5.56 Å². The largest absolute Gasteiger partial charge is 0.484 e. The molecule has 3 N–H and O–H groups in total. The van der Waals surface area contributed by atoms with E-state index < -0.39 is 11.9 Å². The van der Waals surface area contributed by atoms with Gasteiger partial charge in [-0.25, -0.2) is 4.79 Å². The molecule has 0 spiro atoms. The first-order chi connectivity index (χ1) is 11.0. The number of carboxylic acid groups (broad SMARTS) is 1. The van der Waals surface area contributed by atoms with Gasteiger partial charge in [0.05, 0.1) is 16.3 Å². The fraction of sp³-hybridized carbons (Fsp3) is 0.0625. The molecule has 0 aromatic heterocycles. The fourth-order valence-electron chi connectivity index (χ4n) is 1.69. The SMILES string of the molecule is NC(=O)COc1ccc(C=Nc2cc(C(=O)O)ccc2Cl)cc1. The lowest BCUT2D eigenvalue weighted by atomic mass is 10.2. The minimum Gasteiger partial charge on any atom is -0.484 e. The molecule has 2 rings (SSSR count). The molecule has 2 aromatic rings. The van der Waals surface area contributed by atoms with Gasteiger partial charge in [0, 0.05) is 6.21 Å². The van der Waals surface area contributed by atoms with Gasteiger partial charge in [-0.2, -0.15) is 0 Å². The van der Waals surface area contributed by atoms with Crippen LogP contribution in [0.2, 0.25) is 5.02 Å². The van der Waals surface area contributed by atoms with Crippen LogP contribution in [0.4, 0.5) is 5.69 Å². The van der Waals surface area contributed by atoms with Crippen LogP contribution in [0.25, 0.3) is 0 Å². The minimum absolute atomic E-state index is 0.108. The maximum atomic E-state index is 10.9. The number of carbonyl (C=O) groups is 2. The van der Waals surface area contributed by atoms with Crippen molar-refractivity contribution in [2.24, 2.45) is 10.7 Å². The summed E-state index contributed by atoms with van der Waals surface area (Å²) < 4.78 is 5.14. The number of halogens is 1. The molecule has 0 atom stereocenters. The number of hydrogen-bond acceptors (Lipinski definition) is 4. The number of rotatable bonds is 6. The Hall–Kier alpha value is -2.86. The zero-order chi connectivity index (χ0) is 16.8. The van der Waals surface area contributed by atoms with Gasteiger partial charge in [-0.05, 0) is 48.0 Å². The number of aromatic carboxylic acids is 1. The molecule has 118 valence electrons. The van der Waals surface area contributed by atoms with Gasteiger partial charge < -0.3 is 15.6 Å². The second-order valence-electron chi connectivity index (χ2n) is 4.55. The van der Waals surface area contributed by atoms with Gasteiger partial charge in [0.25, 0.3) is 5.91 Å². The lowest BCUT2D eigenvalue weighted by Crippen LogP contribution is -2.19. The first-order valence-electron chi connectivity index (χ1n) is 6.54. The highest BCUT2D eigenvalue weighted by molar-refractivity contribution is 6.33. The number of carbonyl (C=O) groups excluding carboxylic acids is 1. The Morgan fingerprint density at radius 1 is 1.22 bits per heavy atom. The van der Waals surface area contributed by atoms with Gasteiger partial charge in [0.2, 0.25) is 0 Å². The van der Waals surface area contributed by atoms with Crippen molar-refractivity contribution in [1.82, 2.24) is 0 Å². The maximum absolute atomic E-state index is 10.9. The molecule has 1 amide bonds. The van der Waals surface area contributed by atoms with E-state index >= 15 is 0 Å². The second-order valence-corrected chi connectivity index (χ2v) is 4.96. The van der Waals surface area contributed by atoms with Gasteiger partial charge in [0.15, 0.2) is 6.61 Å². The van der Waals surface area contributed by atoms with Gasteiger partial charge in [-0.3, -0.25) is 9.79 Å². The van der Waals surface area contributed by atoms with E-state index in [1.165, 1.54) is 18.2 Å². The van der Waals surface area contributed by atoms with Crippen LogP contribution >= 0.6 is 11.6 Å². The van der Waals surface area contributed by atoms with Gasteiger partial charge in [-0.1, -0.05) is 11.6 Å². The molecule has 0 fully saturated rings. The molecule has 23 heavy (non-hydrogen) atoms. The van der Waals surface area contributed by atoms with Crippen LogP contribution in [0.3, 0.4) is 0 Å². The van der Waals surface area contributed by atoms with Crippen LogP contribution in [0.5, 0.6) is 5.75 Å². The Balaban J connectivity index is 2.12. The number of benzene rings is 2. The lowest BCUT2D eigenvalue weighted by Gasteiger charge is -2.03. The molecular weight excluding hydrogens is 320 g/mol. The Morgan fingerprint density at radius 2 is 1.91 bits per heavy atom. The molecule has 0 aliphatic rings. The zero-order valence-electron chi connectivity index (χ0n) is 11.9. The van der Waals surface area contributed by atoms with Crippen molar-refractivity contribution in [3.63, 3.8) is 0 Å². The molecule has 0 unspecified atom stereocenters. The van der Waals surface area contributed by atoms with Crippen LogP contribution in [0.1, 0.15) is 15.9 Å². The molecule has 0 aliphatic heterocycles. The van der Waals surface area contributed by atoms with Gasteiger partial charge >= 0.3 is 5.97 Å². The molecule has 0 aliphatic carbocycles. The summed E-state index contributed by atoms with van der Waals surface area (Å²) in [4.78, 5) is 25.8. The molecule has 6 nitrogen and oxygen atoms in total. The van der Waals surface area contributed by atoms with Crippen molar-refractivity contribution in [2.45, 2.75) is 0 Å². The summed E-state index contributed by atoms with van der Waals surface area (Å²) >= 11 is 5.99. The number of nitrogens with zero attached hydrogens (tertiary/aromatic N) is 1. The molecule has 7 heteroatoms. The topological polar surface area (TPSA) is 102 Å². The van der Waals surface area contributed by atoms with Crippen LogP contribution < -0.4 is 10.5 Å². The highest BCUT2D eigenvalue weighted by atomic mass is 35.5. The standard InChI is InChI=1S/C16H13ClN2O4/c17-13-6-3-11(16(21)22)7-14(13)19-8-10-1-4-12(5-2-10)23-9-15(18)20/h1-8H,9H2,(H2,18,20)(H,21,22). The number of hydrogen-bond donors (Lipinski definition) is 2. The van der Waals surface area contributed by atoms with Crippen molar-refractivity contribution in [2.75, 3.05) is 6.61 Å². The minimum atomic E-state index is -1.05. The van der Waals surface area contributed by atoms with E-state index in [0.29, 0.717) is 16.5 Å². The van der Waals surface area contributed by atoms with Crippen molar-refractivity contribution in [3.05, 3.63) is 58.6 Å². The predicted molar refractivity (Wildman–Crippen MR) is 86.8 cm³/mol. The molecular formula is C16H13ClN2O4. The average Bonchev–Trinajstić information content (AvgIpc) is 2.53. The average molecular weight is 333 g/mol. The summed E-state index contributed by atoms with van der Waals surface area (Å²) in [5.41, 5.74) is 6.22. The van der Waals surface area contributed by atoms with Crippen LogP contribution in [0, 0.1) is 0 Å². The first kappa shape index (κ1) is 16.5. The smallest absolute Gasteiger partial charge is 0.335 e. The number of aliphatic imine (C=N–C) groups is 1. The van der Waals surface area contributed by atoms with Crippen LogP contribution in [0.15, 0.2) is 47.5 Å². The van der Waals surface area contributed by atoms with Crippen LogP contribution in [-0.2, 0) is 4.79 Å². The predicted octanol–water partition coefficient (Wildman–Crippen LogP) is 2.65. The van der Waals surface area contributed by atoms with E-state index in [2.05, 4.69) is 4.99 Å². The molecule has 0 heterocycles. The van der Waals surface area contributed by atoms with Crippen molar-refractivity contribution in [3.8, 4) is 5.75 Å². The van der Waals surface area contributed by atoms with E-state index in [4.69, 9.17) is 27.2 Å². The third kappa shape index (κ3) is 4.82. The van der Waals surface area contributed by atoms with E-state index in [9.17, 15) is 9.59 Å². The quantitative estimate of drug-likeness (QED) is 0.794. The monoisotopic (exact) mass is 332 g/mol. The Morgan fingerprint density at radius 3 is 2.52 bits per heavy atom. The third-order valence-corrected chi connectivity index (χ3v) is 3.13. The molecule has 0 saturated carbocycles. The molecule has 0 radical (unpaired) electrons. The molecule has 0 bridgehead atoms. The summed E-state index contributed by atoms with van der Waals surface area (Å²) in [7, 11) is 0. The lowest BCUT2D eigenvalue weighted by molar-refractivity contribution is -0.119. The molecule has 0 saturated heterocycles. The first-order valence-corrected chi connectivity index (χ1v) is 6.91. The zero-order valence-corrected chi connectivity index (χ0v) is 12.7. The van der Waals surface area contributed by atoms with Gasteiger partial charge in [0.1, 0.15) is 5.75 Å². The second kappa shape index (κ2) is 7.42. The molecule has 2 aromatic carbocycles. The van der Waals surface area contributed by atoms with E-state index in [1.54, 1.807) is 30.5 Å². The Labute approximate surface area is 137 Å². The Bertz CT molecular complexity index is 757. The normalized spacial score (nSPS) is 10.7. The highest BCUT2D eigenvalue weighted by Crippen LogP contribution is 2.26. The number of nitrogens with two attached hydrogens (primary N) is 1. The number of primary amides is 1. The summed E-state index contributed by atoms with van der Waals surface area (Å²) in [5.74, 6) is -1.09. The summed E-state index contributed by atoms with van der Waals surface area (Å²) in [6.45, 7) is -0.189. The third-order valence-electron chi connectivity index (χ3n) is 2.81. The summed E-state index contributed by atoms with van der Waals surface area (Å²) in [6, 6.07) is 11.1. The summed E-state index contributed by atoms with van der Waals surface area (Å²) in [6.07, 6.45) is 1.55. The van der Waals surface area contributed by atoms with Gasteiger partial charge in [-0.15, -0.1) is 0 Å². The number of carboxylic acids is 1.